The molecule has 96 valence electrons. The normalized spacial score (nSPS) is 12.4. The summed E-state index contributed by atoms with van der Waals surface area (Å²) < 4.78 is 3.04. The Kier molecular flexibility index (Phi) is 4.07. The Hall–Kier alpha value is -1.29. The molecule has 18 heavy (non-hydrogen) atoms. The van der Waals surface area contributed by atoms with E-state index in [-0.39, 0.29) is 6.04 Å². The number of aryl methyl sites for hydroxylation is 2. The molecule has 0 aliphatic carbocycles. The van der Waals surface area contributed by atoms with Crippen LogP contribution in [-0.4, -0.2) is 9.78 Å². The minimum Gasteiger partial charge on any atom is -0.378 e. The summed E-state index contributed by atoms with van der Waals surface area (Å²) in [5.41, 5.74) is 3.60. The van der Waals surface area contributed by atoms with Gasteiger partial charge in [-0.25, -0.2) is 0 Å². The topological polar surface area (TPSA) is 29.9 Å². The first-order valence-electron chi connectivity index (χ1n) is 6.15. The molecule has 4 heteroatoms. The highest BCUT2D eigenvalue weighted by Gasteiger charge is 2.09. The number of hydrogen-bond donors (Lipinski definition) is 1. The summed E-state index contributed by atoms with van der Waals surface area (Å²) in [6.07, 6.45) is 4.01. The molecule has 1 heterocycles. The van der Waals surface area contributed by atoms with E-state index in [1.165, 1.54) is 11.1 Å². The van der Waals surface area contributed by atoms with Gasteiger partial charge in [0.15, 0.2) is 0 Å². The van der Waals surface area contributed by atoms with E-state index < -0.39 is 0 Å². The van der Waals surface area contributed by atoms with Gasteiger partial charge in [-0.05, 0) is 38.5 Å². The maximum absolute atomic E-state index is 4.30. The largest absolute Gasteiger partial charge is 0.378 e. The molecule has 0 amide bonds. The van der Waals surface area contributed by atoms with Crippen LogP contribution < -0.4 is 5.32 Å². The smallest absolute Gasteiger partial charge is 0.0542 e. The first-order chi connectivity index (χ1) is 8.60. The molecule has 1 atom stereocenters. The molecular formula is C14H18BrN3. The van der Waals surface area contributed by atoms with Crippen molar-refractivity contribution in [3.8, 4) is 0 Å². The standard InChI is InChI=1S/C14H18BrN3/c1-4-18-9-12(8-16-18)11(3)17-14-7-13(15)6-5-10(14)2/h5-9,11,17H,4H2,1-3H3. The molecule has 3 nitrogen and oxygen atoms in total. The van der Waals surface area contributed by atoms with Gasteiger partial charge in [-0.3, -0.25) is 4.68 Å². The van der Waals surface area contributed by atoms with Gasteiger partial charge in [-0.15, -0.1) is 0 Å². The third-order valence-electron chi connectivity index (χ3n) is 3.05. The summed E-state index contributed by atoms with van der Waals surface area (Å²) in [5, 5.41) is 7.83. The van der Waals surface area contributed by atoms with Crippen LogP contribution in [-0.2, 0) is 6.54 Å². The lowest BCUT2D eigenvalue weighted by Gasteiger charge is -2.16. The molecule has 0 radical (unpaired) electrons. The van der Waals surface area contributed by atoms with Crippen molar-refractivity contribution in [2.24, 2.45) is 0 Å². The summed E-state index contributed by atoms with van der Waals surface area (Å²) in [6.45, 7) is 7.25. The van der Waals surface area contributed by atoms with E-state index in [1.54, 1.807) is 0 Å². The molecule has 0 saturated carbocycles. The molecule has 0 bridgehead atoms. The van der Waals surface area contributed by atoms with Crippen LogP contribution in [0.3, 0.4) is 0 Å². The Morgan fingerprint density at radius 2 is 2.22 bits per heavy atom. The Morgan fingerprint density at radius 3 is 2.89 bits per heavy atom. The van der Waals surface area contributed by atoms with Gasteiger partial charge in [0.1, 0.15) is 0 Å². The predicted molar refractivity (Wildman–Crippen MR) is 78.8 cm³/mol. The maximum Gasteiger partial charge on any atom is 0.0542 e. The van der Waals surface area contributed by atoms with Crippen molar-refractivity contribution in [2.75, 3.05) is 5.32 Å². The second-order valence-electron chi connectivity index (χ2n) is 4.45. The highest BCUT2D eigenvalue weighted by Crippen LogP contribution is 2.25. The number of nitrogens with zero attached hydrogens (tertiary/aromatic N) is 2. The first-order valence-corrected chi connectivity index (χ1v) is 6.94. The van der Waals surface area contributed by atoms with Gasteiger partial charge in [0, 0.05) is 28.5 Å². The molecule has 0 saturated heterocycles. The van der Waals surface area contributed by atoms with Crippen molar-refractivity contribution >= 4 is 21.6 Å². The monoisotopic (exact) mass is 307 g/mol. The van der Waals surface area contributed by atoms with Crippen LogP contribution in [0.4, 0.5) is 5.69 Å². The van der Waals surface area contributed by atoms with Crippen LogP contribution in [0.1, 0.15) is 31.0 Å². The molecule has 0 fully saturated rings. The summed E-state index contributed by atoms with van der Waals surface area (Å²) >= 11 is 3.50. The minimum absolute atomic E-state index is 0.248. The van der Waals surface area contributed by atoms with E-state index in [4.69, 9.17) is 0 Å². The molecule has 1 N–H and O–H groups in total. The van der Waals surface area contributed by atoms with Crippen LogP contribution in [0, 0.1) is 6.92 Å². The lowest BCUT2D eigenvalue weighted by molar-refractivity contribution is 0.658. The number of halogens is 1. The summed E-state index contributed by atoms with van der Waals surface area (Å²) in [5.74, 6) is 0. The summed E-state index contributed by atoms with van der Waals surface area (Å²) in [6, 6.07) is 6.52. The van der Waals surface area contributed by atoms with Crippen molar-refractivity contribution in [3.05, 3.63) is 46.2 Å². The second kappa shape index (κ2) is 5.57. The van der Waals surface area contributed by atoms with Gasteiger partial charge in [0.25, 0.3) is 0 Å². The molecule has 0 aliphatic heterocycles. The molecule has 0 aliphatic rings. The minimum atomic E-state index is 0.248. The third kappa shape index (κ3) is 2.93. The zero-order valence-corrected chi connectivity index (χ0v) is 12.5. The molecule has 2 rings (SSSR count). The average molecular weight is 308 g/mol. The summed E-state index contributed by atoms with van der Waals surface area (Å²) in [7, 11) is 0. The highest BCUT2D eigenvalue weighted by molar-refractivity contribution is 9.10. The van der Waals surface area contributed by atoms with Crippen molar-refractivity contribution in [1.82, 2.24) is 9.78 Å². The van der Waals surface area contributed by atoms with E-state index in [1.807, 2.05) is 10.9 Å². The van der Waals surface area contributed by atoms with Crippen molar-refractivity contribution < 1.29 is 0 Å². The predicted octanol–water partition coefficient (Wildman–Crippen LogP) is 4.15. The van der Waals surface area contributed by atoms with E-state index >= 15 is 0 Å². The number of anilines is 1. The molecule has 0 spiro atoms. The molecule has 2 aromatic rings. The Balaban J connectivity index is 2.15. The van der Waals surface area contributed by atoms with Gasteiger partial charge in [0.05, 0.1) is 12.2 Å². The Bertz CT molecular complexity index is 534. The van der Waals surface area contributed by atoms with E-state index in [9.17, 15) is 0 Å². The van der Waals surface area contributed by atoms with Crippen molar-refractivity contribution in [2.45, 2.75) is 33.4 Å². The average Bonchev–Trinajstić information content (AvgIpc) is 2.82. The van der Waals surface area contributed by atoms with Crippen LogP contribution in [0.25, 0.3) is 0 Å². The zero-order valence-electron chi connectivity index (χ0n) is 10.9. The third-order valence-corrected chi connectivity index (χ3v) is 3.54. The lowest BCUT2D eigenvalue weighted by atomic mass is 10.1. The second-order valence-corrected chi connectivity index (χ2v) is 5.37. The van der Waals surface area contributed by atoms with Crippen molar-refractivity contribution in [3.63, 3.8) is 0 Å². The zero-order chi connectivity index (χ0) is 13.1. The first kappa shape index (κ1) is 13.1. The van der Waals surface area contributed by atoms with Gasteiger partial charge >= 0.3 is 0 Å². The number of benzene rings is 1. The number of hydrogen-bond acceptors (Lipinski definition) is 2. The number of aromatic nitrogens is 2. The highest BCUT2D eigenvalue weighted by atomic mass is 79.9. The van der Waals surface area contributed by atoms with Crippen molar-refractivity contribution in [1.29, 1.82) is 0 Å². The fraction of sp³-hybridized carbons (Fsp3) is 0.357. The number of rotatable bonds is 4. The van der Waals surface area contributed by atoms with Crippen LogP contribution in [0.15, 0.2) is 35.1 Å². The van der Waals surface area contributed by atoms with E-state index in [0.29, 0.717) is 0 Å². The maximum atomic E-state index is 4.30. The summed E-state index contributed by atoms with van der Waals surface area (Å²) in [4.78, 5) is 0. The SMILES string of the molecule is CCn1cc(C(C)Nc2cc(Br)ccc2C)cn1. The fourth-order valence-corrected chi connectivity index (χ4v) is 2.20. The van der Waals surface area contributed by atoms with Gasteiger partial charge in [0.2, 0.25) is 0 Å². The van der Waals surface area contributed by atoms with Gasteiger partial charge in [-0.1, -0.05) is 22.0 Å². The fourth-order valence-electron chi connectivity index (χ4n) is 1.84. The van der Waals surface area contributed by atoms with E-state index in [2.05, 4.69) is 71.5 Å². The lowest BCUT2D eigenvalue weighted by Crippen LogP contribution is -2.07. The van der Waals surface area contributed by atoms with Crippen LogP contribution in [0.5, 0.6) is 0 Å². The quantitative estimate of drug-likeness (QED) is 0.919. The Labute approximate surface area is 116 Å². The molecule has 1 aromatic carbocycles. The van der Waals surface area contributed by atoms with Crippen LogP contribution in [0.2, 0.25) is 0 Å². The van der Waals surface area contributed by atoms with Gasteiger partial charge < -0.3 is 5.32 Å². The molecular weight excluding hydrogens is 290 g/mol. The Morgan fingerprint density at radius 1 is 1.44 bits per heavy atom. The van der Waals surface area contributed by atoms with Crippen LogP contribution >= 0.6 is 15.9 Å². The molecule has 1 aromatic heterocycles. The van der Waals surface area contributed by atoms with E-state index in [0.717, 1.165) is 16.7 Å². The van der Waals surface area contributed by atoms with Gasteiger partial charge in [-0.2, -0.15) is 5.10 Å². The number of nitrogens with one attached hydrogen (secondary N) is 1. The molecule has 1 unspecified atom stereocenters.